The Morgan fingerprint density at radius 2 is 1.69 bits per heavy atom. The van der Waals surface area contributed by atoms with E-state index in [1.54, 1.807) is 6.26 Å². The van der Waals surface area contributed by atoms with Crippen LogP contribution in [-0.2, 0) is 19.0 Å². The average Bonchev–Trinajstić information content (AvgIpc) is 3.22. The Bertz CT molecular complexity index is 1070. The molecule has 2 aromatic carbocycles. The molecule has 190 valence electrons. The largest absolute Gasteiger partial charge is 0.495 e. The van der Waals surface area contributed by atoms with Crippen LogP contribution in [0.1, 0.15) is 42.7 Å². The minimum atomic E-state index is -0.936. The summed E-state index contributed by atoms with van der Waals surface area (Å²) in [7, 11) is 0. The number of nitrogens with one attached hydrogen (secondary N) is 2. The van der Waals surface area contributed by atoms with Crippen molar-refractivity contribution in [1.82, 2.24) is 10.6 Å². The molecule has 2 aromatic rings. The molecule has 2 atom stereocenters. The molecule has 0 saturated carbocycles. The molecule has 0 fully saturated rings. The average molecular weight is 494 g/mol. The molecule has 0 aromatic heterocycles. The minimum absolute atomic E-state index is 0.0889. The van der Waals surface area contributed by atoms with Gasteiger partial charge in [0.05, 0.1) is 6.26 Å². The van der Waals surface area contributed by atoms with E-state index in [0.29, 0.717) is 6.42 Å². The van der Waals surface area contributed by atoms with Crippen molar-refractivity contribution in [2.75, 3.05) is 19.8 Å². The van der Waals surface area contributed by atoms with E-state index in [1.165, 1.54) is 0 Å². The van der Waals surface area contributed by atoms with Gasteiger partial charge in [0.15, 0.2) is 0 Å². The highest BCUT2D eigenvalue weighted by Gasteiger charge is 2.30. The number of hydrogen-bond acceptors (Lipinski definition) is 6. The van der Waals surface area contributed by atoms with Crippen molar-refractivity contribution in [2.24, 2.45) is 5.73 Å². The zero-order valence-corrected chi connectivity index (χ0v) is 20.0. The van der Waals surface area contributed by atoms with Gasteiger partial charge in [0.2, 0.25) is 0 Å². The molecule has 0 unspecified atom stereocenters. The summed E-state index contributed by atoms with van der Waals surface area (Å²) in [6.07, 6.45) is 4.84. The van der Waals surface area contributed by atoms with E-state index in [1.807, 2.05) is 42.5 Å². The maximum atomic E-state index is 12.8. The lowest BCUT2D eigenvalue weighted by atomic mass is 9.98. The number of alkyl carbamates (subject to hydrolysis) is 1. The van der Waals surface area contributed by atoms with E-state index in [0.717, 1.165) is 35.1 Å². The molecule has 3 amide bonds. The predicted molar refractivity (Wildman–Crippen MR) is 133 cm³/mol. The van der Waals surface area contributed by atoms with E-state index >= 15 is 0 Å². The second kappa shape index (κ2) is 12.1. The molecule has 0 bridgehead atoms. The fraction of sp³-hybridized carbons (Fsp3) is 0.370. The van der Waals surface area contributed by atoms with Crippen molar-refractivity contribution in [3.8, 4) is 11.1 Å². The highest BCUT2D eigenvalue weighted by atomic mass is 16.6. The van der Waals surface area contributed by atoms with E-state index in [9.17, 15) is 14.4 Å². The summed E-state index contributed by atoms with van der Waals surface area (Å²) in [5, 5.41) is 5.10. The lowest BCUT2D eigenvalue weighted by Gasteiger charge is -2.22. The molecule has 2 aliphatic rings. The summed E-state index contributed by atoms with van der Waals surface area (Å²) >= 11 is 0. The maximum Gasteiger partial charge on any atom is 0.407 e. The first-order chi connectivity index (χ1) is 17.5. The molecule has 0 saturated heterocycles. The van der Waals surface area contributed by atoms with Gasteiger partial charge in [0.1, 0.15) is 25.4 Å². The number of carbonyl (C=O) groups excluding carboxylic acids is 3. The van der Waals surface area contributed by atoms with Crippen molar-refractivity contribution in [2.45, 2.75) is 43.7 Å². The van der Waals surface area contributed by atoms with Crippen LogP contribution in [0.2, 0.25) is 0 Å². The second-order valence-corrected chi connectivity index (χ2v) is 8.79. The summed E-state index contributed by atoms with van der Waals surface area (Å²) in [5.41, 5.74) is 9.55. The minimum Gasteiger partial charge on any atom is -0.495 e. The Morgan fingerprint density at radius 1 is 1.00 bits per heavy atom. The second-order valence-electron chi connectivity index (χ2n) is 8.79. The van der Waals surface area contributed by atoms with Crippen molar-refractivity contribution in [3.63, 3.8) is 0 Å². The van der Waals surface area contributed by atoms with Crippen LogP contribution in [0.4, 0.5) is 9.59 Å². The number of allylic oxidation sites excluding steroid dienone is 1. The fourth-order valence-corrected chi connectivity index (χ4v) is 4.53. The van der Waals surface area contributed by atoms with Gasteiger partial charge in [0, 0.05) is 12.5 Å². The number of esters is 1. The van der Waals surface area contributed by atoms with E-state index in [2.05, 4.69) is 22.8 Å². The third-order valence-corrected chi connectivity index (χ3v) is 6.32. The van der Waals surface area contributed by atoms with Gasteiger partial charge in [-0.2, -0.15) is 0 Å². The van der Waals surface area contributed by atoms with Gasteiger partial charge < -0.3 is 30.6 Å². The first-order valence-electron chi connectivity index (χ1n) is 12.1. The van der Waals surface area contributed by atoms with Crippen LogP contribution >= 0.6 is 0 Å². The van der Waals surface area contributed by atoms with Gasteiger partial charge >= 0.3 is 18.1 Å². The standard InChI is InChI=1S/C27H31N3O6/c28-26(32)29-14-7-13-24(25(31)35-16-18-8-5-6-15-34-18)30-27(33)36-17-23-21-11-3-1-9-19(21)20-10-2-4-12-22(20)23/h1-4,6,9-12,15,18,23-24H,5,7-8,13-14,16-17H2,(H,30,33)(H3,28,29,32)/t18-,24-/m0/s1. The molecule has 1 aliphatic heterocycles. The van der Waals surface area contributed by atoms with Crippen LogP contribution in [0.15, 0.2) is 60.9 Å². The number of hydrogen-bond donors (Lipinski definition) is 3. The lowest BCUT2D eigenvalue weighted by molar-refractivity contribution is -0.149. The summed E-state index contributed by atoms with van der Waals surface area (Å²) in [6, 6.07) is 14.5. The van der Waals surface area contributed by atoms with Gasteiger partial charge in [-0.05, 0) is 54.0 Å². The number of ether oxygens (including phenoxy) is 3. The molecule has 0 radical (unpaired) electrons. The topological polar surface area (TPSA) is 129 Å². The van der Waals surface area contributed by atoms with E-state index in [4.69, 9.17) is 19.9 Å². The Kier molecular flexibility index (Phi) is 8.44. The maximum absolute atomic E-state index is 12.8. The smallest absolute Gasteiger partial charge is 0.407 e. The Hall–Kier alpha value is -4.01. The zero-order chi connectivity index (χ0) is 25.3. The molecule has 4 rings (SSSR count). The van der Waals surface area contributed by atoms with Gasteiger partial charge in [-0.3, -0.25) is 0 Å². The quantitative estimate of drug-likeness (QED) is 0.343. The number of amides is 3. The molecule has 1 heterocycles. The first-order valence-corrected chi connectivity index (χ1v) is 12.1. The lowest BCUT2D eigenvalue weighted by Crippen LogP contribution is -2.43. The van der Waals surface area contributed by atoms with Crippen LogP contribution in [0, 0.1) is 0 Å². The number of primary amides is 1. The number of rotatable bonds is 10. The number of benzene rings is 2. The SMILES string of the molecule is NC(=O)NCCC[C@H](NC(=O)OCC1c2ccccc2-c2ccccc21)C(=O)OC[C@@H]1CCC=CO1. The number of fused-ring (bicyclic) bond motifs is 3. The van der Waals surface area contributed by atoms with Gasteiger partial charge in [-0.1, -0.05) is 48.5 Å². The number of carbonyl (C=O) groups is 3. The van der Waals surface area contributed by atoms with Crippen LogP contribution in [0.5, 0.6) is 0 Å². The Balaban J connectivity index is 1.35. The van der Waals surface area contributed by atoms with Gasteiger partial charge in [-0.15, -0.1) is 0 Å². The molecule has 36 heavy (non-hydrogen) atoms. The van der Waals surface area contributed by atoms with Crippen molar-refractivity contribution in [1.29, 1.82) is 0 Å². The normalized spacial score (nSPS) is 16.7. The summed E-state index contributed by atoms with van der Waals surface area (Å²) in [6.45, 7) is 0.487. The molecule has 9 nitrogen and oxygen atoms in total. The highest BCUT2D eigenvalue weighted by Crippen LogP contribution is 2.44. The van der Waals surface area contributed by atoms with E-state index < -0.39 is 24.1 Å². The highest BCUT2D eigenvalue weighted by molar-refractivity contribution is 5.82. The summed E-state index contributed by atoms with van der Waals surface area (Å²) in [4.78, 5) is 36.4. The molecular weight excluding hydrogens is 462 g/mol. The third-order valence-electron chi connectivity index (χ3n) is 6.32. The molecule has 4 N–H and O–H groups in total. The monoisotopic (exact) mass is 493 g/mol. The van der Waals surface area contributed by atoms with Crippen molar-refractivity contribution < 1.29 is 28.6 Å². The van der Waals surface area contributed by atoms with Crippen LogP contribution in [-0.4, -0.2) is 50.0 Å². The number of nitrogens with two attached hydrogens (primary N) is 1. The predicted octanol–water partition coefficient (Wildman–Crippen LogP) is 3.58. The van der Waals surface area contributed by atoms with Crippen LogP contribution < -0.4 is 16.4 Å². The Morgan fingerprint density at radius 3 is 2.33 bits per heavy atom. The van der Waals surface area contributed by atoms with Crippen molar-refractivity contribution in [3.05, 3.63) is 72.0 Å². The molecule has 9 heteroatoms. The van der Waals surface area contributed by atoms with Gasteiger partial charge in [-0.25, -0.2) is 14.4 Å². The van der Waals surface area contributed by atoms with Crippen LogP contribution in [0.3, 0.4) is 0 Å². The molecule has 0 spiro atoms. The Labute approximate surface area is 210 Å². The van der Waals surface area contributed by atoms with Crippen molar-refractivity contribution >= 4 is 18.1 Å². The number of urea groups is 1. The first kappa shape index (κ1) is 25.1. The van der Waals surface area contributed by atoms with Gasteiger partial charge in [0.25, 0.3) is 0 Å². The summed E-state index contributed by atoms with van der Waals surface area (Å²) < 4.78 is 16.4. The van der Waals surface area contributed by atoms with Crippen LogP contribution in [0.25, 0.3) is 11.1 Å². The zero-order valence-electron chi connectivity index (χ0n) is 20.0. The third kappa shape index (κ3) is 6.35. The fourth-order valence-electron chi connectivity index (χ4n) is 4.53. The molecular formula is C27H31N3O6. The molecule has 1 aliphatic carbocycles. The van der Waals surface area contributed by atoms with E-state index in [-0.39, 0.29) is 38.2 Å². The summed E-state index contributed by atoms with van der Waals surface area (Å²) in [5.74, 6) is -0.675.